The normalized spacial score (nSPS) is 12.8. The largest absolute Gasteiger partial charge is 0.397 e. The number of hydrogen-bond donors (Lipinski definition) is 3. The first-order chi connectivity index (χ1) is 9.55. The predicted molar refractivity (Wildman–Crippen MR) is 79.6 cm³/mol. The van der Waals surface area contributed by atoms with Gasteiger partial charge in [0.1, 0.15) is 0 Å². The van der Waals surface area contributed by atoms with Crippen LogP contribution in [0.5, 0.6) is 0 Å². The van der Waals surface area contributed by atoms with Crippen LogP contribution in [0.25, 0.3) is 0 Å². The first kappa shape index (κ1) is 14.2. The highest BCUT2D eigenvalue weighted by Crippen LogP contribution is 2.31. The summed E-state index contributed by atoms with van der Waals surface area (Å²) in [5.41, 5.74) is 8.82. The van der Waals surface area contributed by atoms with Gasteiger partial charge in [0.2, 0.25) is 11.8 Å². The summed E-state index contributed by atoms with van der Waals surface area (Å²) in [5.74, 6) is -0.00491. The molecule has 0 radical (unpaired) electrons. The summed E-state index contributed by atoms with van der Waals surface area (Å²) < 4.78 is 0. The molecule has 20 heavy (non-hydrogen) atoms. The van der Waals surface area contributed by atoms with Crippen LogP contribution in [0.15, 0.2) is 12.1 Å². The molecule has 0 saturated carbocycles. The van der Waals surface area contributed by atoms with Crippen LogP contribution in [-0.2, 0) is 16.0 Å². The van der Waals surface area contributed by atoms with E-state index in [9.17, 15) is 9.59 Å². The molecule has 2 amide bonds. The number of fused-ring (bicyclic) bond motifs is 1. The molecule has 1 aliphatic heterocycles. The van der Waals surface area contributed by atoms with E-state index < -0.39 is 0 Å². The summed E-state index contributed by atoms with van der Waals surface area (Å²) in [6, 6.07) is 3.56. The van der Waals surface area contributed by atoms with Crippen molar-refractivity contribution in [2.75, 3.05) is 36.0 Å². The fraction of sp³-hybridized carbons (Fsp3) is 0.429. The number of hydrogen-bond acceptors (Lipinski definition) is 4. The van der Waals surface area contributed by atoms with Gasteiger partial charge < -0.3 is 21.3 Å². The molecule has 0 aromatic heterocycles. The zero-order valence-corrected chi connectivity index (χ0v) is 11.8. The lowest BCUT2D eigenvalue weighted by Gasteiger charge is -2.19. The Balaban J connectivity index is 2.06. The van der Waals surface area contributed by atoms with E-state index in [2.05, 4.69) is 10.6 Å². The standard InChI is InChI=1S/C14H20N4O2/c1-3-18(4-2)14(20)8-16-12-7-11-9(5-10(12)15)6-13(19)17-11/h5,7,16H,3-4,6,8,15H2,1-2H3,(H,17,19). The van der Waals surface area contributed by atoms with Gasteiger partial charge in [-0.3, -0.25) is 9.59 Å². The summed E-state index contributed by atoms with van der Waals surface area (Å²) in [5, 5.41) is 5.81. The molecule has 108 valence electrons. The molecule has 1 aromatic carbocycles. The maximum Gasteiger partial charge on any atom is 0.241 e. The number of nitrogen functional groups attached to an aromatic ring is 1. The summed E-state index contributed by atoms with van der Waals surface area (Å²) >= 11 is 0. The van der Waals surface area contributed by atoms with Gasteiger partial charge in [0, 0.05) is 18.8 Å². The number of rotatable bonds is 5. The summed E-state index contributed by atoms with van der Waals surface area (Å²) in [6.45, 7) is 5.46. The molecule has 1 aliphatic rings. The third-order valence-electron chi connectivity index (χ3n) is 3.45. The number of anilines is 3. The highest BCUT2D eigenvalue weighted by Gasteiger charge is 2.19. The minimum atomic E-state index is -0.0317. The molecule has 6 nitrogen and oxygen atoms in total. The van der Waals surface area contributed by atoms with Crippen molar-refractivity contribution in [1.29, 1.82) is 0 Å². The number of amides is 2. The van der Waals surface area contributed by atoms with E-state index in [1.54, 1.807) is 17.0 Å². The van der Waals surface area contributed by atoms with Crippen molar-refractivity contribution in [2.24, 2.45) is 0 Å². The second-order valence-electron chi connectivity index (χ2n) is 4.74. The summed E-state index contributed by atoms with van der Waals surface area (Å²) in [6.07, 6.45) is 0.359. The van der Waals surface area contributed by atoms with Crippen molar-refractivity contribution in [2.45, 2.75) is 20.3 Å². The van der Waals surface area contributed by atoms with Gasteiger partial charge in [-0.25, -0.2) is 0 Å². The second kappa shape index (κ2) is 5.81. The topological polar surface area (TPSA) is 87.5 Å². The Hall–Kier alpha value is -2.24. The van der Waals surface area contributed by atoms with Crippen LogP contribution in [0.1, 0.15) is 19.4 Å². The van der Waals surface area contributed by atoms with E-state index in [0.29, 0.717) is 30.9 Å². The first-order valence-corrected chi connectivity index (χ1v) is 6.79. The Labute approximate surface area is 118 Å². The molecule has 0 bridgehead atoms. The van der Waals surface area contributed by atoms with Crippen LogP contribution < -0.4 is 16.4 Å². The minimum absolute atomic E-state index is 0.0268. The molecule has 0 saturated heterocycles. The minimum Gasteiger partial charge on any atom is -0.397 e. The highest BCUT2D eigenvalue weighted by atomic mass is 16.2. The third kappa shape index (κ3) is 2.84. The highest BCUT2D eigenvalue weighted by molar-refractivity contribution is 6.01. The molecule has 2 rings (SSSR count). The van der Waals surface area contributed by atoms with Crippen LogP contribution in [0.4, 0.5) is 17.1 Å². The molecular formula is C14H20N4O2. The lowest BCUT2D eigenvalue weighted by Crippen LogP contribution is -2.35. The van der Waals surface area contributed by atoms with Crippen molar-refractivity contribution in [1.82, 2.24) is 4.90 Å². The van der Waals surface area contributed by atoms with Crippen molar-refractivity contribution < 1.29 is 9.59 Å². The molecule has 0 aliphatic carbocycles. The van der Waals surface area contributed by atoms with E-state index in [1.165, 1.54) is 0 Å². The van der Waals surface area contributed by atoms with Crippen LogP contribution in [0.2, 0.25) is 0 Å². The lowest BCUT2D eigenvalue weighted by molar-refractivity contribution is -0.128. The zero-order valence-electron chi connectivity index (χ0n) is 11.8. The number of nitrogens with one attached hydrogen (secondary N) is 2. The van der Waals surface area contributed by atoms with Gasteiger partial charge in [-0.1, -0.05) is 0 Å². The van der Waals surface area contributed by atoms with Crippen molar-refractivity contribution in [3.05, 3.63) is 17.7 Å². The van der Waals surface area contributed by atoms with Gasteiger partial charge in [0.05, 0.1) is 24.3 Å². The van der Waals surface area contributed by atoms with Crippen LogP contribution in [0.3, 0.4) is 0 Å². The molecule has 4 N–H and O–H groups in total. The fourth-order valence-corrected chi connectivity index (χ4v) is 2.31. The molecule has 0 unspecified atom stereocenters. The smallest absolute Gasteiger partial charge is 0.241 e. The quantitative estimate of drug-likeness (QED) is 0.701. The number of likely N-dealkylation sites (N-methyl/N-ethyl adjacent to an activating group) is 1. The van der Waals surface area contributed by atoms with Crippen LogP contribution in [0, 0.1) is 0 Å². The number of nitrogens with two attached hydrogens (primary N) is 1. The van der Waals surface area contributed by atoms with Gasteiger partial charge in [-0.2, -0.15) is 0 Å². The molecule has 6 heteroatoms. The molecule has 0 fully saturated rings. The maximum atomic E-state index is 11.9. The van der Waals surface area contributed by atoms with Gasteiger partial charge in [0.25, 0.3) is 0 Å². The molecule has 0 spiro atoms. The SMILES string of the molecule is CCN(CC)C(=O)CNc1cc2c(cc1N)CC(=O)N2. The Bertz CT molecular complexity index is 538. The van der Waals surface area contributed by atoms with Gasteiger partial charge >= 0.3 is 0 Å². The fourth-order valence-electron chi connectivity index (χ4n) is 2.31. The summed E-state index contributed by atoms with van der Waals surface area (Å²) in [4.78, 5) is 25.0. The second-order valence-corrected chi connectivity index (χ2v) is 4.74. The molecule has 1 heterocycles. The Morgan fingerprint density at radius 2 is 2.10 bits per heavy atom. The average Bonchev–Trinajstić information content (AvgIpc) is 2.76. The van der Waals surface area contributed by atoms with Crippen molar-refractivity contribution >= 4 is 28.9 Å². The number of carbonyl (C=O) groups is 2. The number of nitrogens with zero attached hydrogens (tertiary/aromatic N) is 1. The van der Waals surface area contributed by atoms with E-state index in [4.69, 9.17) is 5.73 Å². The van der Waals surface area contributed by atoms with Gasteiger partial charge in [-0.05, 0) is 31.5 Å². The average molecular weight is 276 g/mol. The zero-order chi connectivity index (χ0) is 14.7. The Kier molecular flexibility index (Phi) is 4.12. The van der Waals surface area contributed by atoms with Crippen molar-refractivity contribution in [3.8, 4) is 0 Å². The molecular weight excluding hydrogens is 256 g/mol. The number of carbonyl (C=O) groups excluding carboxylic acids is 2. The van der Waals surface area contributed by atoms with Crippen LogP contribution in [-0.4, -0.2) is 36.3 Å². The van der Waals surface area contributed by atoms with E-state index >= 15 is 0 Å². The monoisotopic (exact) mass is 276 g/mol. The maximum absolute atomic E-state index is 11.9. The van der Waals surface area contributed by atoms with Gasteiger partial charge in [0.15, 0.2) is 0 Å². The van der Waals surface area contributed by atoms with Gasteiger partial charge in [-0.15, -0.1) is 0 Å². The number of benzene rings is 1. The molecule has 1 aromatic rings. The first-order valence-electron chi connectivity index (χ1n) is 6.79. The summed E-state index contributed by atoms with van der Waals surface area (Å²) in [7, 11) is 0. The third-order valence-corrected chi connectivity index (χ3v) is 3.45. The van der Waals surface area contributed by atoms with E-state index in [0.717, 1.165) is 11.3 Å². The van der Waals surface area contributed by atoms with E-state index in [1.807, 2.05) is 13.8 Å². The lowest BCUT2D eigenvalue weighted by atomic mass is 10.1. The predicted octanol–water partition coefficient (Wildman–Crippen LogP) is 1.04. The Morgan fingerprint density at radius 3 is 2.75 bits per heavy atom. The Morgan fingerprint density at radius 1 is 1.40 bits per heavy atom. The molecule has 0 atom stereocenters. The van der Waals surface area contributed by atoms with Crippen LogP contribution >= 0.6 is 0 Å². The van der Waals surface area contributed by atoms with E-state index in [-0.39, 0.29) is 18.4 Å². The van der Waals surface area contributed by atoms with Crippen molar-refractivity contribution in [3.63, 3.8) is 0 Å².